The maximum Gasteiger partial charge on any atom is 0.149 e. The van der Waals surface area contributed by atoms with Crippen LogP contribution in [0.3, 0.4) is 0 Å². The molecule has 1 aromatic carbocycles. The summed E-state index contributed by atoms with van der Waals surface area (Å²) in [6.45, 7) is 6.73. The molecule has 1 atom stereocenters. The Kier molecular flexibility index (Phi) is 3.35. The first kappa shape index (κ1) is 13.7. The summed E-state index contributed by atoms with van der Waals surface area (Å²) in [7, 11) is 0. The largest absolute Gasteiger partial charge is 0.301 e. The third-order valence-electron chi connectivity index (χ3n) is 3.53. The smallest absolute Gasteiger partial charge is 0.149 e. The van der Waals surface area contributed by atoms with Crippen molar-refractivity contribution >= 4 is 17.5 Å². The van der Waals surface area contributed by atoms with Crippen molar-refractivity contribution in [2.24, 2.45) is 10.7 Å². The molecule has 1 aromatic rings. The Labute approximate surface area is 124 Å². The Balaban J connectivity index is 2.09. The minimum atomic E-state index is -0.173. The van der Waals surface area contributed by atoms with Gasteiger partial charge in [0.2, 0.25) is 0 Å². The zero-order chi connectivity index (χ0) is 14.3. The second-order valence-corrected chi connectivity index (χ2v) is 7.24. The van der Waals surface area contributed by atoms with Crippen LogP contribution < -0.4 is 5.73 Å². The molecule has 1 unspecified atom stereocenters. The molecule has 0 amide bonds. The summed E-state index contributed by atoms with van der Waals surface area (Å²) in [5.41, 5.74) is 9.53. The average Bonchev–Trinajstić information content (AvgIpc) is 2.77. The number of fused-ring (bicyclic) bond motifs is 1. The van der Waals surface area contributed by atoms with Crippen molar-refractivity contribution in [1.82, 2.24) is 0 Å². The van der Waals surface area contributed by atoms with Gasteiger partial charge in [0.05, 0.1) is 11.6 Å². The van der Waals surface area contributed by atoms with Gasteiger partial charge in [-0.3, -0.25) is 4.99 Å². The van der Waals surface area contributed by atoms with E-state index in [1.165, 1.54) is 21.9 Å². The van der Waals surface area contributed by atoms with Gasteiger partial charge >= 0.3 is 0 Å². The SMILES string of the molecule is CC(C)(C)c1ccccc1[C]1C=CC=C2SC(N)N=C12. The van der Waals surface area contributed by atoms with E-state index < -0.39 is 0 Å². The highest BCUT2D eigenvalue weighted by Gasteiger charge is 2.32. The number of thioether (sulfide) groups is 1. The van der Waals surface area contributed by atoms with Crippen LogP contribution >= 0.6 is 11.8 Å². The van der Waals surface area contributed by atoms with Gasteiger partial charge in [0, 0.05) is 4.91 Å². The number of rotatable bonds is 1. The molecule has 3 heteroatoms. The summed E-state index contributed by atoms with van der Waals surface area (Å²) in [6.07, 6.45) is 6.33. The summed E-state index contributed by atoms with van der Waals surface area (Å²) in [6, 6.07) is 8.58. The highest BCUT2D eigenvalue weighted by Crippen LogP contribution is 2.40. The topological polar surface area (TPSA) is 38.4 Å². The maximum absolute atomic E-state index is 5.95. The summed E-state index contributed by atoms with van der Waals surface area (Å²) in [5.74, 6) is 1.19. The van der Waals surface area contributed by atoms with Crippen LogP contribution in [0.25, 0.3) is 0 Å². The fourth-order valence-electron chi connectivity index (χ4n) is 2.62. The van der Waals surface area contributed by atoms with Crippen molar-refractivity contribution in [2.45, 2.75) is 31.7 Å². The van der Waals surface area contributed by atoms with E-state index in [4.69, 9.17) is 5.73 Å². The van der Waals surface area contributed by atoms with Crippen molar-refractivity contribution in [3.63, 3.8) is 0 Å². The lowest BCUT2D eigenvalue weighted by Gasteiger charge is -2.27. The lowest BCUT2D eigenvalue weighted by molar-refractivity contribution is 0.586. The van der Waals surface area contributed by atoms with E-state index in [-0.39, 0.29) is 10.9 Å². The number of benzene rings is 1. The number of hydrogen-bond donors (Lipinski definition) is 1. The van der Waals surface area contributed by atoms with Crippen LogP contribution in [-0.2, 0) is 5.41 Å². The third-order valence-corrected chi connectivity index (χ3v) is 4.46. The molecule has 0 spiro atoms. The number of hydrogen-bond acceptors (Lipinski definition) is 3. The van der Waals surface area contributed by atoms with Crippen LogP contribution in [-0.4, -0.2) is 11.2 Å². The molecule has 0 saturated carbocycles. The molecule has 0 saturated heterocycles. The Bertz CT molecular complexity index is 620. The average molecular weight is 283 g/mol. The second kappa shape index (κ2) is 4.90. The molecule has 0 aromatic heterocycles. The fourth-order valence-corrected chi connectivity index (χ4v) is 3.47. The molecule has 2 N–H and O–H groups in total. The number of nitrogens with zero attached hydrogens (tertiary/aromatic N) is 1. The van der Waals surface area contributed by atoms with E-state index in [9.17, 15) is 0 Å². The molecule has 2 aliphatic rings. The van der Waals surface area contributed by atoms with Crippen LogP contribution in [0.4, 0.5) is 0 Å². The zero-order valence-electron chi connectivity index (χ0n) is 12.1. The van der Waals surface area contributed by atoms with Gasteiger partial charge < -0.3 is 5.73 Å². The van der Waals surface area contributed by atoms with E-state index >= 15 is 0 Å². The summed E-state index contributed by atoms with van der Waals surface area (Å²) >= 11 is 1.62. The quantitative estimate of drug-likeness (QED) is 0.851. The van der Waals surface area contributed by atoms with Crippen LogP contribution in [0.2, 0.25) is 0 Å². The monoisotopic (exact) mass is 283 g/mol. The number of allylic oxidation sites excluding steroid dienone is 4. The molecule has 2 nitrogen and oxygen atoms in total. The predicted molar refractivity (Wildman–Crippen MR) is 87.7 cm³/mol. The summed E-state index contributed by atoms with van der Waals surface area (Å²) < 4.78 is 0. The number of aliphatic imine (C=N–C) groups is 1. The second-order valence-electron chi connectivity index (χ2n) is 6.09. The van der Waals surface area contributed by atoms with Gasteiger partial charge in [0.15, 0.2) is 0 Å². The third kappa shape index (κ3) is 2.36. The van der Waals surface area contributed by atoms with Gasteiger partial charge in [-0.15, -0.1) is 0 Å². The van der Waals surface area contributed by atoms with Gasteiger partial charge in [-0.2, -0.15) is 0 Å². The molecule has 1 radical (unpaired) electrons. The molecule has 0 bridgehead atoms. The van der Waals surface area contributed by atoms with Crippen LogP contribution in [0, 0.1) is 5.92 Å². The molecular weight excluding hydrogens is 264 g/mol. The molecule has 103 valence electrons. The van der Waals surface area contributed by atoms with E-state index in [0.717, 1.165) is 5.71 Å². The van der Waals surface area contributed by atoms with Crippen molar-refractivity contribution in [3.8, 4) is 0 Å². The Hall–Kier alpha value is -1.32. The highest BCUT2D eigenvalue weighted by atomic mass is 32.2. The summed E-state index contributed by atoms with van der Waals surface area (Å²) in [5, 5.41) is 0. The Morgan fingerprint density at radius 1 is 1.20 bits per heavy atom. The lowest BCUT2D eigenvalue weighted by Crippen LogP contribution is -2.20. The normalized spacial score (nSPS) is 22.5. The minimum Gasteiger partial charge on any atom is -0.301 e. The van der Waals surface area contributed by atoms with Crippen molar-refractivity contribution in [1.29, 1.82) is 0 Å². The van der Waals surface area contributed by atoms with Gasteiger partial charge in [0.25, 0.3) is 0 Å². The van der Waals surface area contributed by atoms with E-state index in [2.05, 4.69) is 68.3 Å². The first-order valence-corrected chi connectivity index (χ1v) is 7.71. The fraction of sp³-hybridized carbons (Fsp3) is 0.294. The van der Waals surface area contributed by atoms with E-state index in [1.54, 1.807) is 11.8 Å². The van der Waals surface area contributed by atoms with Crippen molar-refractivity contribution < 1.29 is 0 Å². The first-order chi connectivity index (χ1) is 9.47. The summed E-state index contributed by atoms with van der Waals surface area (Å²) in [4.78, 5) is 5.77. The molecule has 0 fully saturated rings. The van der Waals surface area contributed by atoms with Gasteiger partial charge in [-0.1, -0.05) is 69.0 Å². The van der Waals surface area contributed by atoms with Crippen LogP contribution in [0.15, 0.2) is 52.4 Å². The molecule has 1 aliphatic heterocycles. The molecule has 20 heavy (non-hydrogen) atoms. The minimum absolute atomic E-state index is 0.104. The number of nitrogens with two attached hydrogens (primary N) is 1. The molecular formula is C17H19N2S. The Morgan fingerprint density at radius 3 is 2.70 bits per heavy atom. The van der Waals surface area contributed by atoms with Crippen molar-refractivity contribution in [2.75, 3.05) is 0 Å². The van der Waals surface area contributed by atoms with Gasteiger partial charge in [-0.25, -0.2) is 0 Å². The lowest BCUT2D eigenvalue weighted by atomic mass is 9.78. The van der Waals surface area contributed by atoms with Gasteiger partial charge in [-0.05, 0) is 22.6 Å². The maximum atomic E-state index is 5.95. The first-order valence-electron chi connectivity index (χ1n) is 6.83. The van der Waals surface area contributed by atoms with Crippen molar-refractivity contribution in [3.05, 3.63) is 64.4 Å². The standard InChI is InChI=1S/C17H19N2S/c1-17(2,3)13-9-5-4-7-11(13)12-8-6-10-14-15(12)19-16(18)20-14/h4-10,16H,18H2,1-3H3. The molecule has 3 rings (SSSR count). The van der Waals surface area contributed by atoms with Crippen LogP contribution in [0.1, 0.15) is 31.9 Å². The van der Waals surface area contributed by atoms with E-state index in [0.29, 0.717) is 0 Å². The highest BCUT2D eigenvalue weighted by molar-refractivity contribution is 8.05. The molecule has 1 aliphatic carbocycles. The predicted octanol–water partition coefficient (Wildman–Crippen LogP) is 3.79. The van der Waals surface area contributed by atoms with E-state index in [1.807, 2.05) is 0 Å². The molecule has 1 heterocycles. The van der Waals surface area contributed by atoms with Crippen LogP contribution in [0.5, 0.6) is 0 Å². The van der Waals surface area contributed by atoms with Gasteiger partial charge in [0.1, 0.15) is 5.50 Å². The zero-order valence-corrected chi connectivity index (χ0v) is 12.9. The Morgan fingerprint density at radius 2 is 1.95 bits per heavy atom.